The summed E-state index contributed by atoms with van der Waals surface area (Å²) < 4.78 is 19.6. The lowest BCUT2D eigenvalue weighted by Crippen LogP contribution is -2.33. The predicted molar refractivity (Wildman–Crippen MR) is 68.0 cm³/mol. The fraction of sp³-hybridized carbons (Fsp3) is 0.692. The summed E-state index contributed by atoms with van der Waals surface area (Å²) in [5, 5.41) is 2.93. The summed E-state index contributed by atoms with van der Waals surface area (Å²) in [6.07, 6.45) is 3.03. The molecule has 0 aromatic carbocycles. The van der Waals surface area contributed by atoms with Gasteiger partial charge in [0.15, 0.2) is 17.5 Å². The fourth-order valence-corrected chi connectivity index (χ4v) is 2.19. The van der Waals surface area contributed by atoms with Crippen LogP contribution in [0.3, 0.4) is 0 Å². The van der Waals surface area contributed by atoms with Crippen molar-refractivity contribution in [2.75, 3.05) is 18.5 Å². The first kappa shape index (κ1) is 13.2. The molecule has 0 spiro atoms. The lowest BCUT2D eigenvalue weighted by molar-refractivity contribution is -0.0761. The minimum Gasteiger partial charge on any atom is -0.368 e. The first-order chi connectivity index (χ1) is 8.57. The van der Waals surface area contributed by atoms with Crippen LogP contribution in [-0.4, -0.2) is 23.1 Å². The third-order valence-corrected chi connectivity index (χ3v) is 3.30. The van der Waals surface area contributed by atoms with Crippen LogP contribution in [-0.2, 0) is 10.3 Å². The maximum atomic E-state index is 13.8. The maximum absolute atomic E-state index is 13.8. The summed E-state index contributed by atoms with van der Waals surface area (Å²) in [6, 6.07) is 0. The highest BCUT2D eigenvalue weighted by Crippen LogP contribution is 2.33. The molecule has 0 bridgehead atoms. The van der Waals surface area contributed by atoms with Crippen LogP contribution in [0.1, 0.15) is 44.6 Å². The molecule has 1 fully saturated rings. The van der Waals surface area contributed by atoms with E-state index >= 15 is 0 Å². The van der Waals surface area contributed by atoms with Gasteiger partial charge in [0.1, 0.15) is 5.60 Å². The van der Waals surface area contributed by atoms with Gasteiger partial charge in [0.2, 0.25) is 0 Å². The van der Waals surface area contributed by atoms with Crippen molar-refractivity contribution < 1.29 is 9.13 Å². The Morgan fingerprint density at radius 1 is 1.39 bits per heavy atom. The van der Waals surface area contributed by atoms with Crippen molar-refractivity contribution in [3.05, 3.63) is 17.3 Å². The monoisotopic (exact) mass is 253 g/mol. The van der Waals surface area contributed by atoms with E-state index in [1.165, 1.54) is 0 Å². The molecule has 18 heavy (non-hydrogen) atoms. The van der Waals surface area contributed by atoms with Crippen LogP contribution in [0.2, 0.25) is 0 Å². The standard InChI is InChI=1S/C13H20FN3O/c1-4-15-11-10(14)9(2)16-12(17-11)13(3)7-5-6-8-18-13/h4-8H2,1-3H3,(H,15,16,17). The van der Waals surface area contributed by atoms with E-state index in [1.807, 2.05) is 13.8 Å². The van der Waals surface area contributed by atoms with Crippen molar-refractivity contribution in [2.45, 2.75) is 45.6 Å². The lowest BCUT2D eigenvalue weighted by atomic mass is 9.95. The summed E-state index contributed by atoms with van der Waals surface area (Å²) in [5.41, 5.74) is -0.118. The average molecular weight is 253 g/mol. The van der Waals surface area contributed by atoms with Gasteiger partial charge >= 0.3 is 0 Å². The van der Waals surface area contributed by atoms with Gasteiger partial charge in [-0.15, -0.1) is 0 Å². The van der Waals surface area contributed by atoms with Crippen molar-refractivity contribution >= 4 is 5.82 Å². The van der Waals surface area contributed by atoms with Crippen molar-refractivity contribution in [3.8, 4) is 0 Å². The van der Waals surface area contributed by atoms with Crippen LogP contribution in [0, 0.1) is 12.7 Å². The van der Waals surface area contributed by atoms with Gasteiger partial charge in [-0.05, 0) is 40.0 Å². The number of aryl methyl sites for hydroxylation is 1. The molecular weight excluding hydrogens is 233 g/mol. The van der Waals surface area contributed by atoms with Gasteiger partial charge in [-0.1, -0.05) is 0 Å². The van der Waals surface area contributed by atoms with Crippen LogP contribution in [0.25, 0.3) is 0 Å². The molecule has 1 aliphatic heterocycles. The topological polar surface area (TPSA) is 47.0 Å². The molecule has 2 rings (SSSR count). The zero-order valence-electron chi connectivity index (χ0n) is 11.2. The van der Waals surface area contributed by atoms with Crippen molar-refractivity contribution in [3.63, 3.8) is 0 Å². The Morgan fingerprint density at radius 2 is 2.17 bits per heavy atom. The van der Waals surface area contributed by atoms with Crippen molar-refractivity contribution in [1.82, 2.24) is 9.97 Å². The Hall–Kier alpha value is -1.23. The Labute approximate surface area is 107 Å². The van der Waals surface area contributed by atoms with E-state index in [1.54, 1.807) is 6.92 Å². The molecule has 1 aromatic heterocycles. The largest absolute Gasteiger partial charge is 0.368 e. The first-order valence-electron chi connectivity index (χ1n) is 6.49. The molecule has 4 nitrogen and oxygen atoms in total. The van der Waals surface area contributed by atoms with Crippen molar-refractivity contribution in [1.29, 1.82) is 0 Å². The summed E-state index contributed by atoms with van der Waals surface area (Å²) in [4.78, 5) is 8.56. The first-order valence-corrected chi connectivity index (χ1v) is 6.49. The van der Waals surface area contributed by atoms with E-state index in [0.29, 0.717) is 24.7 Å². The third kappa shape index (κ3) is 2.46. The average Bonchev–Trinajstić information content (AvgIpc) is 2.36. The number of ether oxygens (including phenoxy) is 1. The van der Waals surface area contributed by atoms with E-state index in [9.17, 15) is 4.39 Å². The third-order valence-electron chi connectivity index (χ3n) is 3.30. The second-order valence-corrected chi connectivity index (χ2v) is 4.86. The molecule has 0 aliphatic carbocycles. The zero-order valence-corrected chi connectivity index (χ0v) is 11.2. The molecule has 1 atom stereocenters. The van der Waals surface area contributed by atoms with Gasteiger partial charge in [0.25, 0.3) is 0 Å². The SMILES string of the molecule is CCNc1nc(C2(C)CCCCO2)nc(C)c1F. The molecule has 1 aliphatic rings. The smallest absolute Gasteiger partial charge is 0.186 e. The highest BCUT2D eigenvalue weighted by molar-refractivity contribution is 5.38. The molecule has 1 N–H and O–H groups in total. The molecule has 0 amide bonds. The summed E-state index contributed by atoms with van der Waals surface area (Å²) in [7, 11) is 0. The predicted octanol–water partition coefficient (Wildman–Crippen LogP) is 2.77. The van der Waals surface area contributed by atoms with E-state index < -0.39 is 5.60 Å². The Morgan fingerprint density at radius 3 is 2.78 bits per heavy atom. The molecule has 5 heteroatoms. The number of hydrogen-bond donors (Lipinski definition) is 1. The van der Waals surface area contributed by atoms with Gasteiger partial charge in [0, 0.05) is 13.2 Å². The van der Waals surface area contributed by atoms with Gasteiger partial charge in [-0.3, -0.25) is 0 Å². The highest BCUT2D eigenvalue weighted by atomic mass is 19.1. The second kappa shape index (κ2) is 5.18. The molecule has 1 unspecified atom stereocenters. The Bertz CT molecular complexity index is 430. The normalized spacial score (nSPS) is 24.0. The van der Waals surface area contributed by atoms with E-state index in [2.05, 4.69) is 15.3 Å². The second-order valence-electron chi connectivity index (χ2n) is 4.86. The zero-order chi connectivity index (χ0) is 13.2. The van der Waals surface area contributed by atoms with Gasteiger partial charge < -0.3 is 10.1 Å². The summed E-state index contributed by atoms with van der Waals surface area (Å²) in [6.45, 7) is 6.90. The highest BCUT2D eigenvalue weighted by Gasteiger charge is 2.34. The molecule has 2 heterocycles. The van der Waals surface area contributed by atoms with Crippen LogP contribution >= 0.6 is 0 Å². The Kier molecular flexibility index (Phi) is 3.80. The van der Waals surface area contributed by atoms with Crippen LogP contribution in [0.15, 0.2) is 0 Å². The lowest BCUT2D eigenvalue weighted by Gasteiger charge is -2.32. The molecule has 0 saturated carbocycles. The van der Waals surface area contributed by atoms with E-state index in [4.69, 9.17) is 4.74 Å². The van der Waals surface area contributed by atoms with Crippen LogP contribution in [0.4, 0.5) is 10.2 Å². The molecule has 1 saturated heterocycles. The van der Waals surface area contributed by atoms with Crippen molar-refractivity contribution in [2.24, 2.45) is 0 Å². The molecule has 0 radical (unpaired) electrons. The number of anilines is 1. The van der Waals surface area contributed by atoms with Crippen LogP contribution in [0.5, 0.6) is 0 Å². The number of halogens is 1. The molecular formula is C13H20FN3O. The molecule has 100 valence electrons. The summed E-state index contributed by atoms with van der Waals surface area (Å²) >= 11 is 0. The summed E-state index contributed by atoms with van der Waals surface area (Å²) in [5.74, 6) is 0.479. The van der Waals surface area contributed by atoms with E-state index in [-0.39, 0.29) is 11.6 Å². The van der Waals surface area contributed by atoms with E-state index in [0.717, 1.165) is 19.3 Å². The number of nitrogens with zero attached hydrogens (tertiary/aromatic N) is 2. The number of nitrogens with one attached hydrogen (secondary N) is 1. The fourth-order valence-electron chi connectivity index (χ4n) is 2.19. The minimum atomic E-state index is -0.485. The molecule has 1 aromatic rings. The number of rotatable bonds is 3. The van der Waals surface area contributed by atoms with Crippen LogP contribution < -0.4 is 5.32 Å². The number of aromatic nitrogens is 2. The van der Waals surface area contributed by atoms with Gasteiger partial charge in [0.05, 0.1) is 5.69 Å². The quantitative estimate of drug-likeness (QED) is 0.899. The number of hydrogen-bond acceptors (Lipinski definition) is 4. The Balaban J connectivity index is 2.38. The minimum absolute atomic E-state index is 0.274. The van der Waals surface area contributed by atoms with Gasteiger partial charge in [-0.25, -0.2) is 14.4 Å². The maximum Gasteiger partial charge on any atom is 0.186 e. The van der Waals surface area contributed by atoms with Gasteiger partial charge in [-0.2, -0.15) is 0 Å².